The van der Waals surface area contributed by atoms with Gasteiger partial charge in [-0.05, 0) is 37.2 Å². The van der Waals surface area contributed by atoms with Gasteiger partial charge in [-0.15, -0.1) is 0 Å². The Morgan fingerprint density at radius 3 is 2.84 bits per heavy atom. The van der Waals surface area contributed by atoms with E-state index in [1.165, 1.54) is 18.6 Å². The highest BCUT2D eigenvalue weighted by Gasteiger charge is 2.45. The smallest absolute Gasteiger partial charge is 0.127 e. The molecule has 1 saturated carbocycles. The highest BCUT2D eigenvalue weighted by Crippen LogP contribution is 2.50. The summed E-state index contributed by atoms with van der Waals surface area (Å²) in [4.78, 5) is 0. The molecule has 1 aliphatic heterocycles. The number of hydrogen-bond acceptors (Lipinski definition) is 2. The Balaban J connectivity index is 1.95. The summed E-state index contributed by atoms with van der Waals surface area (Å²) in [6, 6.07) is 4.66. The number of benzene rings is 1. The fraction of sp³-hybridized carbons (Fsp3) is 0.625. The van der Waals surface area contributed by atoms with Gasteiger partial charge in [-0.2, -0.15) is 0 Å². The van der Waals surface area contributed by atoms with Crippen molar-refractivity contribution in [1.29, 1.82) is 0 Å². The van der Waals surface area contributed by atoms with Crippen molar-refractivity contribution in [3.05, 3.63) is 29.6 Å². The highest BCUT2D eigenvalue weighted by molar-refractivity contribution is 5.39. The average Bonchev–Trinajstić information content (AvgIpc) is 2.25. The molecule has 0 bridgehead atoms. The molecule has 0 aromatic heterocycles. The first-order valence-corrected chi connectivity index (χ1v) is 7.13. The zero-order chi connectivity index (χ0) is 13.7. The van der Waals surface area contributed by atoms with Gasteiger partial charge in [0.25, 0.3) is 0 Å². The second kappa shape index (κ2) is 4.20. The van der Waals surface area contributed by atoms with Gasteiger partial charge in [0.1, 0.15) is 17.2 Å². The maximum atomic E-state index is 13.4. The zero-order valence-electron chi connectivity index (χ0n) is 11.7. The van der Waals surface area contributed by atoms with Crippen molar-refractivity contribution in [1.82, 2.24) is 0 Å². The van der Waals surface area contributed by atoms with Gasteiger partial charge in [-0.25, -0.2) is 4.39 Å². The van der Waals surface area contributed by atoms with Crippen molar-refractivity contribution < 1.29 is 9.13 Å². The molecular formula is C16H22FNO. The predicted octanol–water partition coefficient (Wildman–Crippen LogP) is 3.95. The molecule has 0 radical (unpaired) electrons. The number of fused-ring (bicyclic) bond motifs is 1. The SMILES string of the molecule is CC1(C)CCCC2(C[C@@H](N)c3ccc(F)cc3O2)C1. The van der Waals surface area contributed by atoms with Gasteiger partial charge in [0, 0.05) is 24.1 Å². The Kier molecular flexibility index (Phi) is 2.86. The predicted molar refractivity (Wildman–Crippen MR) is 73.6 cm³/mol. The third-order valence-corrected chi connectivity index (χ3v) is 4.58. The van der Waals surface area contributed by atoms with Crippen molar-refractivity contribution in [3.63, 3.8) is 0 Å². The molecule has 1 unspecified atom stereocenters. The van der Waals surface area contributed by atoms with E-state index in [2.05, 4.69) is 13.8 Å². The normalized spacial score (nSPS) is 32.7. The van der Waals surface area contributed by atoms with Crippen LogP contribution in [0.1, 0.15) is 57.6 Å². The lowest BCUT2D eigenvalue weighted by Gasteiger charge is -2.48. The first kappa shape index (κ1) is 12.9. The van der Waals surface area contributed by atoms with Gasteiger partial charge in [0.05, 0.1) is 0 Å². The van der Waals surface area contributed by atoms with E-state index >= 15 is 0 Å². The van der Waals surface area contributed by atoms with Crippen LogP contribution in [0.15, 0.2) is 18.2 Å². The minimum atomic E-state index is -0.252. The first-order chi connectivity index (χ1) is 8.89. The fourth-order valence-corrected chi connectivity index (χ4v) is 3.89. The quantitative estimate of drug-likeness (QED) is 0.769. The number of hydrogen-bond donors (Lipinski definition) is 1. The van der Waals surface area contributed by atoms with E-state index in [9.17, 15) is 4.39 Å². The third kappa shape index (κ3) is 2.36. The Bertz CT molecular complexity index is 500. The third-order valence-electron chi connectivity index (χ3n) is 4.58. The molecule has 2 N–H and O–H groups in total. The van der Waals surface area contributed by atoms with Crippen molar-refractivity contribution in [3.8, 4) is 5.75 Å². The molecule has 0 amide bonds. The number of nitrogens with two attached hydrogens (primary N) is 1. The highest BCUT2D eigenvalue weighted by atomic mass is 19.1. The van der Waals surface area contributed by atoms with Crippen LogP contribution in [0.3, 0.4) is 0 Å². The number of halogens is 1. The molecule has 3 heteroatoms. The summed E-state index contributed by atoms with van der Waals surface area (Å²) in [5.74, 6) is 0.398. The molecule has 1 heterocycles. The lowest BCUT2D eigenvalue weighted by atomic mass is 9.66. The molecule has 1 aromatic rings. The van der Waals surface area contributed by atoms with Crippen molar-refractivity contribution in [2.45, 2.75) is 57.6 Å². The summed E-state index contributed by atoms with van der Waals surface area (Å²) >= 11 is 0. The van der Waals surface area contributed by atoms with Gasteiger partial charge in [-0.3, -0.25) is 0 Å². The molecule has 3 rings (SSSR count). The van der Waals surface area contributed by atoms with Gasteiger partial charge < -0.3 is 10.5 Å². The fourth-order valence-electron chi connectivity index (χ4n) is 3.89. The molecule has 2 aliphatic rings. The second-order valence-electron chi connectivity index (χ2n) is 6.97. The van der Waals surface area contributed by atoms with Crippen LogP contribution >= 0.6 is 0 Å². The molecule has 1 aliphatic carbocycles. The van der Waals surface area contributed by atoms with Crippen LogP contribution in [-0.2, 0) is 0 Å². The molecule has 104 valence electrons. The summed E-state index contributed by atoms with van der Waals surface area (Å²) in [7, 11) is 0. The maximum Gasteiger partial charge on any atom is 0.127 e. The van der Waals surface area contributed by atoms with E-state index in [0.717, 1.165) is 31.2 Å². The zero-order valence-corrected chi connectivity index (χ0v) is 11.7. The van der Waals surface area contributed by atoms with Crippen molar-refractivity contribution in [2.75, 3.05) is 0 Å². The van der Waals surface area contributed by atoms with Crippen LogP contribution in [0, 0.1) is 11.2 Å². The van der Waals surface area contributed by atoms with Crippen LogP contribution in [0.4, 0.5) is 4.39 Å². The van der Waals surface area contributed by atoms with E-state index in [-0.39, 0.29) is 22.9 Å². The van der Waals surface area contributed by atoms with E-state index in [4.69, 9.17) is 10.5 Å². The lowest BCUT2D eigenvalue weighted by Crippen LogP contribution is -2.48. The van der Waals surface area contributed by atoms with Crippen LogP contribution in [-0.4, -0.2) is 5.60 Å². The maximum absolute atomic E-state index is 13.4. The van der Waals surface area contributed by atoms with Crippen molar-refractivity contribution in [2.24, 2.45) is 11.1 Å². The minimum Gasteiger partial charge on any atom is -0.487 e. The van der Waals surface area contributed by atoms with Gasteiger partial charge in [-0.1, -0.05) is 19.9 Å². The monoisotopic (exact) mass is 263 g/mol. The molecule has 2 atom stereocenters. The van der Waals surface area contributed by atoms with Gasteiger partial charge in [0.15, 0.2) is 0 Å². The van der Waals surface area contributed by atoms with E-state index in [1.807, 2.05) is 0 Å². The molecule has 1 spiro atoms. The Hall–Kier alpha value is -1.09. The van der Waals surface area contributed by atoms with Gasteiger partial charge >= 0.3 is 0 Å². The van der Waals surface area contributed by atoms with E-state index < -0.39 is 0 Å². The van der Waals surface area contributed by atoms with Crippen LogP contribution in [0.25, 0.3) is 0 Å². The molecule has 0 saturated heterocycles. The first-order valence-electron chi connectivity index (χ1n) is 7.13. The summed E-state index contributed by atoms with van der Waals surface area (Å²) in [5, 5.41) is 0. The molecule has 1 aromatic carbocycles. The molecule has 1 fully saturated rings. The summed E-state index contributed by atoms with van der Waals surface area (Å²) in [6.07, 6.45) is 5.26. The lowest BCUT2D eigenvalue weighted by molar-refractivity contribution is -0.0387. The number of ether oxygens (including phenoxy) is 1. The summed E-state index contributed by atoms with van der Waals surface area (Å²) in [5.41, 5.74) is 7.32. The van der Waals surface area contributed by atoms with E-state index in [1.54, 1.807) is 6.07 Å². The topological polar surface area (TPSA) is 35.2 Å². The van der Waals surface area contributed by atoms with Crippen LogP contribution in [0.2, 0.25) is 0 Å². The van der Waals surface area contributed by atoms with Crippen LogP contribution < -0.4 is 10.5 Å². The molecule has 2 nitrogen and oxygen atoms in total. The largest absolute Gasteiger partial charge is 0.487 e. The summed E-state index contributed by atoms with van der Waals surface area (Å²) < 4.78 is 19.6. The van der Waals surface area contributed by atoms with Crippen LogP contribution in [0.5, 0.6) is 5.75 Å². The Labute approximate surface area is 114 Å². The summed E-state index contributed by atoms with van der Waals surface area (Å²) in [6.45, 7) is 4.56. The van der Waals surface area contributed by atoms with Crippen molar-refractivity contribution >= 4 is 0 Å². The molecular weight excluding hydrogens is 241 g/mol. The second-order valence-corrected chi connectivity index (χ2v) is 6.97. The standard InChI is InChI=1S/C16H22FNO/c1-15(2)6-3-7-16(10-15)9-13(18)12-5-4-11(17)8-14(12)19-16/h4-5,8,13H,3,6-7,9-10,18H2,1-2H3/t13-,16?/m1/s1. The Morgan fingerprint density at radius 1 is 1.32 bits per heavy atom. The Morgan fingerprint density at radius 2 is 2.11 bits per heavy atom. The average molecular weight is 263 g/mol. The van der Waals surface area contributed by atoms with Gasteiger partial charge in [0.2, 0.25) is 0 Å². The number of rotatable bonds is 0. The molecule has 19 heavy (non-hydrogen) atoms. The minimum absolute atomic E-state index is 0.0433. The van der Waals surface area contributed by atoms with E-state index in [0.29, 0.717) is 5.75 Å².